The Hall–Kier alpha value is -3.46. The Balaban J connectivity index is 1.71. The lowest BCUT2D eigenvalue weighted by molar-refractivity contribution is -0.153. The first kappa shape index (κ1) is 30.1. The molecule has 0 spiro atoms. The average molecular weight is 543 g/mol. The zero-order chi connectivity index (χ0) is 28.5. The summed E-state index contributed by atoms with van der Waals surface area (Å²) in [6.45, 7) is 10.4. The van der Waals surface area contributed by atoms with Crippen molar-refractivity contribution in [3.05, 3.63) is 47.2 Å². The number of nitriles is 1. The van der Waals surface area contributed by atoms with E-state index in [0.29, 0.717) is 24.5 Å². The van der Waals surface area contributed by atoms with Gasteiger partial charge < -0.3 is 34.1 Å². The molecule has 2 heterocycles. The number of likely N-dealkylation sites (tertiary alicyclic amines) is 1. The zero-order valence-corrected chi connectivity index (χ0v) is 23.1. The summed E-state index contributed by atoms with van der Waals surface area (Å²) in [5, 5.41) is 26.3. The van der Waals surface area contributed by atoms with Crippen LogP contribution in [-0.2, 0) is 19.1 Å². The highest BCUT2D eigenvalue weighted by molar-refractivity contribution is 5.91. The third-order valence-corrected chi connectivity index (χ3v) is 6.58. The molecule has 0 saturated carbocycles. The van der Waals surface area contributed by atoms with E-state index in [1.165, 1.54) is 4.90 Å². The van der Waals surface area contributed by atoms with Crippen LogP contribution in [0, 0.1) is 17.2 Å². The summed E-state index contributed by atoms with van der Waals surface area (Å²) in [5.74, 6) is -1.12. The molecule has 0 aliphatic carbocycles. The highest BCUT2D eigenvalue weighted by atomic mass is 16.7. The number of aromatic nitrogens is 1. The van der Waals surface area contributed by atoms with Crippen molar-refractivity contribution < 1.29 is 33.4 Å². The molecule has 2 amide bonds. The van der Waals surface area contributed by atoms with Crippen LogP contribution in [0.2, 0.25) is 0 Å². The Labute approximate surface area is 229 Å². The minimum atomic E-state index is -0.841. The summed E-state index contributed by atoms with van der Waals surface area (Å²) in [4.78, 5) is 28.4. The van der Waals surface area contributed by atoms with Crippen LogP contribution in [0.25, 0.3) is 0 Å². The average Bonchev–Trinajstić information content (AvgIpc) is 3.54. The quantitative estimate of drug-likeness (QED) is 0.365. The van der Waals surface area contributed by atoms with Gasteiger partial charge in [-0.1, -0.05) is 26.0 Å². The first-order valence-electron chi connectivity index (χ1n) is 13.3. The zero-order valence-electron chi connectivity index (χ0n) is 23.1. The summed E-state index contributed by atoms with van der Waals surface area (Å²) in [5.41, 5.74) is 1.35. The first-order valence-corrected chi connectivity index (χ1v) is 13.3. The molecule has 2 N–H and O–H groups in total. The number of carbonyl (C=O) groups is 2. The van der Waals surface area contributed by atoms with Crippen molar-refractivity contribution >= 4 is 11.8 Å². The molecule has 11 heteroatoms. The number of aliphatic hydroxyl groups excluding tert-OH is 1. The molecule has 1 aliphatic heterocycles. The monoisotopic (exact) mass is 542 g/mol. The van der Waals surface area contributed by atoms with Crippen molar-refractivity contribution in [1.82, 2.24) is 15.4 Å². The van der Waals surface area contributed by atoms with E-state index in [4.69, 9.17) is 24.0 Å². The van der Waals surface area contributed by atoms with Gasteiger partial charge in [-0.2, -0.15) is 5.26 Å². The number of hydrogen-bond acceptors (Lipinski definition) is 9. The van der Waals surface area contributed by atoms with Crippen LogP contribution < -0.4 is 10.1 Å². The topological polar surface area (TPSA) is 147 Å². The molecule has 1 aliphatic rings. The SMILES string of the molecule is CCOC(COc1cc([C@H](C(=O)N2C[C@H](O)C[C@H]2C(=O)N[C@@H](C)c2ccc(C#N)cc2)C(C)C)on1)OCC. The van der Waals surface area contributed by atoms with Crippen LogP contribution in [0.3, 0.4) is 0 Å². The number of benzene rings is 1. The summed E-state index contributed by atoms with van der Waals surface area (Å²) in [6.07, 6.45) is -1.26. The Morgan fingerprint density at radius 3 is 2.46 bits per heavy atom. The summed E-state index contributed by atoms with van der Waals surface area (Å²) in [6, 6.07) is 9.36. The van der Waals surface area contributed by atoms with Crippen molar-refractivity contribution in [2.75, 3.05) is 26.4 Å². The van der Waals surface area contributed by atoms with E-state index in [0.717, 1.165) is 5.56 Å². The van der Waals surface area contributed by atoms with Gasteiger partial charge in [-0.15, -0.1) is 0 Å². The minimum absolute atomic E-state index is 0.0350. The number of amides is 2. The molecule has 0 radical (unpaired) electrons. The lowest BCUT2D eigenvalue weighted by Gasteiger charge is -2.29. The number of carbonyl (C=O) groups excluding carboxylic acids is 2. The lowest BCUT2D eigenvalue weighted by atomic mass is 9.91. The molecule has 39 heavy (non-hydrogen) atoms. The summed E-state index contributed by atoms with van der Waals surface area (Å²) >= 11 is 0. The second-order valence-corrected chi connectivity index (χ2v) is 9.80. The molecule has 2 aromatic rings. The maximum atomic E-state index is 13.8. The fourth-order valence-corrected chi connectivity index (χ4v) is 4.62. The Kier molecular flexibility index (Phi) is 10.9. The molecule has 0 unspecified atom stereocenters. The molecule has 212 valence electrons. The van der Waals surface area contributed by atoms with E-state index in [1.54, 1.807) is 30.3 Å². The molecular weight excluding hydrogens is 504 g/mol. The second-order valence-electron chi connectivity index (χ2n) is 9.80. The van der Waals surface area contributed by atoms with Gasteiger partial charge in [-0.25, -0.2) is 0 Å². The summed E-state index contributed by atoms with van der Waals surface area (Å²) in [7, 11) is 0. The van der Waals surface area contributed by atoms with Crippen molar-refractivity contribution in [1.29, 1.82) is 5.26 Å². The molecular formula is C28H38N4O7. The van der Waals surface area contributed by atoms with Gasteiger partial charge in [0.15, 0.2) is 12.1 Å². The van der Waals surface area contributed by atoms with Crippen molar-refractivity contribution in [3.63, 3.8) is 0 Å². The highest BCUT2D eigenvalue weighted by Gasteiger charge is 2.43. The number of nitrogens with one attached hydrogen (secondary N) is 1. The van der Waals surface area contributed by atoms with Gasteiger partial charge in [0.25, 0.3) is 5.88 Å². The van der Waals surface area contributed by atoms with Crippen molar-refractivity contribution in [2.45, 2.75) is 71.4 Å². The maximum Gasteiger partial charge on any atom is 0.254 e. The number of rotatable bonds is 13. The Morgan fingerprint density at radius 2 is 1.87 bits per heavy atom. The number of ether oxygens (including phenoxy) is 3. The van der Waals surface area contributed by atoms with Gasteiger partial charge in [0.1, 0.15) is 18.6 Å². The molecule has 3 rings (SSSR count). The molecule has 1 saturated heterocycles. The van der Waals surface area contributed by atoms with Gasteiger partial charge in [0.05, 0.1) is 23.8 Å². The Morgan fingerprint density at radius 1 is 1.21 bits per heavy atom. The van der Waals surface area contributed by atoms with Gasteiger partial charge >= 0.3 is 0 Å². The smallest absolute Gasteiger partial charge is 0.254 e. The van der Waals surface area contributed by atoms with E-state index in [9.17, 15) is 14.7 Å². The molecule has 4 atom stereocenters. The van der Waals surface area contributed by atoms with Crippen molar-refractivity contribution in [2.24, 2.45) is 5.92 Å². The van der Waals surface area contributed by atoms with Crippen LogP contribution in [0.1, 0.15) is 69.9 Å². The number of β-amino-alcohol motifs (C(OH)–C–C–N with tert-alkyl or cyclic N) is 1. The number of hydrogen-bond donors (Lipinski definition) is 2. The minimum Gasteiger partial charge on any atom is -0.470 e. The number of aliphatic hydroxyl groups is 1. The molecule has 11 nitrogen and oxygen atoms in total. The van der Waals surface area contributed by atoms with Gasteiger partial charge in [0.2, 0.25) is 11.8 Å². The highest BCUT2D eigenvalue weighted by Crippen LogP contribution is 2.32. The van der Waals surface area contributed by atoms with Gasteiger partial charge in [0, 0.05) is 32.2 Å². The van der Waals surface area contributed by atoms with E-state index in [-0.39, 0.29) is 49.2 Å². The van der Waals surface area contributed by atoms with Crippen LogP contribution >= 0.6 is 0 Å². The Bertz CT molecular complexity index is 1120. The third-order valence-electron chi connectivity index (χ3n) is 6.58. The first-order chi connectivity index (χ1) is 18.7. The molecule has 0 bridgehead atoms. The van der Waals surface area contributed by atoms with E-state index in [1.807, 2.05) is 34.6 Å². The van der Waals surface area contributed by atoms with E-state index >= 15 is 0 Å². The van der Waals surface area contributed by atoms with Crippen LogP contribution in [0.4, 0.5) is 0 Å². The van der Waals surface area contributed by atoms with Crippen LogP contribution in [0.5, 0.6) is 5.88 Å². The molecule has 1 aromatic carbocycles. The maximum absolute atomic E-state index is 13.8. The fraction of sp³-hybridized carbons (Fsp3) is 0.571. The van der Waals surface area contributed by atoms with Crippen LogP contribution in [-0.4, -0.2) is 71.8 Å². The predicted octanol–water partition coefficient (Wildman–Crippen LogP) is 2.90. The molecule has 1 aromatic heterocycles. The van der Waals surface area contributed by atoms with Gasteiger partial charge in [-0.05, 0) is 49.5 Å². The normalized spacial score (nSPS) is 18.7. The third kappa shape index (κ3) is 7.79. The van der Waals surface area contributed by atoms with Crippen molar-refractivity contribution in [3.8, 4) is 11.9 Å². The predicted molar refractivity (Wildman–Crippen MR) is 140 cm³/mol. The lowest BCUT2D eigenvalue weighted by Crippen LogP contribution is -2.48. The standard InChI is InChI=1S/C28H38N4O7/c1-6-36-25(37-7-2)16-38-24-13-23(39-31-24)26(17(3)4)28(35)32-15-21(33)12-22(32)27(34)30-18(5)20-10-8-19(14-29)9-11-20/h8-11,13,17-18,21-22,25-26,33H,6-7,12,15-16H2,1-5H3,(H,30,34)/t18-,21+,22-,26+/m0/s1. The van der Waals surface area contributed by atoms with Crippen LogP contribution in [0.15, 0.2) is 34.9 Å². The summed E-state index contributed by atoms with van der Waals surface area (Å²) < 4.78 is 22.1. The van der Waals surface area contributed by atoms with E-state index < -0.39 is 24.4 Å². The van der Waals surface area contributed by atoms with E-state index in [2.05, 4.69) is 16.5 Å². The number of nitrogens with zero attached hydrogens (tertiary/aromatic N) is 3. The fourth-order valence-electron chi connectivity index (χ4n) is 4.62. The largest absolute Gasteiger partial charge is 0.470 e. The second kappa shape index (κ2) is 14.1. The molecule has 1 fully saturated rings. The van der Waals surface area contributed by atoms with Gasteiger partial charge in [-0.3, -0.25) is 9.59 Å².